The Morgan fingerprint density at radius 1 is 0.800 bits per heavy atom. The quantitative estimate of drug-likeness (QED) is 0.164. The molecule has 220 valence electrons. The smallest absolute Gasteiger partial charge is 0.414 e. The standard InChI is InChI=1S/C22H30N2O4.2C2H2O4/c1-4-27-22(26)18-10-12-20(13-11-18)28-16-19(25)14-23-15-21(24(2)3)17-8-6-5-7-9-17;2*3-1(4)2(5)6/h5-13,19,21,23,25H,4,14-16H2,1-3H3;2*(H,3,4)(H,5,6). The molecule has 2 atom stereocenters. The Morgan fingerprint density at radius 3 is 1.73 bits per heavy atom. The van der Waals surface area contributed by atoms with Crippen molar-refractivity contribution in [3.05, 3.63) is 65.7 Å². The number of hydrogen-bond acceptors (Lipinski definition) is 10. The highest BCUT2D eigenvalue weighted by molar-refractivity contribution is 6.27. The second-order valence-corrected chi connectivity index (χ2v) is 7.98. The van der Waals surface area contributed by atoms with Gasteiger partial charge >= 0.3 is 29.8 Å². The maximum atomic E-state index is 11.6. The number of hydrogen-bond donors (Lipinski definition) is 6. The van der Waals surface area contributed by atoms with E-state index in [9.17, 15) is 9.90 Å². The number of aliphatic hydroxyl groups excluding tert-OH is 1. The lowest BCUT2D eigenvalue weighted by atomic mass is 10.1. The van der Waals surface area contributed by atoms with Crippen LogP contribution in [-0.2, 0) is 23.9 Å². The van der Waals surface area contributed by atoms with Crippen molar-refractivity contribution < 1.29 is 59.0 Å². The molecule has 0 aliphatic carbocycles. The van der Waals surface area contributed by atoms with Crippen molar-refractivity contribution in [2.45, 2.75) is 19.1 Å². The molecule has 0 amide bonds. The molecule has 0 saturated heterocycles. The van der Waals surface area contributed by atoms with Crippen LogP contribution in [0.2, 0.25) is 0 Å². The molecular weight excluding hydrogens is 532 g/mol. The number of likely N-dealkylation sites (N-methyl/N-ethyl adjacent to an activating group) is 1. The SMILES string of the molecule is CCOC(=O)c1ccc(OCC(O)CNCC(c2ccccc2)N(C)C)cc1.O=C(O)C(=O)O.O=C(O)C(=O)O. The summed E-state index contributed by atoms with van der Waals surface area (Å²) in [6.07, 6.45) is -0.636. The highest BCUT2D eigenvalue weighted by Gasteiger charge is 2.14. The summed E-state index contributed by atoms with van der Waals surface area (Å²) in [5.41, 5.74) is 1.71. The van der Waals surface area contributed by atoms with Gasteiger partial charge in [0.25, 0.3) is 0 Å². The number of esters is 1. The van der Waals surface area contributed by atoms with E-state index in [-0.39, 0.29) is 18.6 Å². The van der Waals surface area contributed by atoms with E-state index in [1.165, 1.54) is 5.56 Å². The summed E-state index contributed by atoms with van der Waals surface area (Å²) < 4.78 is 10.5. The van der Waals surface area contributed by atoms with Crippen molar-refractivity contribution in [2.24, 2.45) is 0 Å². The molecule has 2 aromatic carbocycles. The summed E-state index contributed by atoms with van der Waals surface area (Å²) in [5.74, 6) is -7.05. The summed E-state index contributed by atoms with van der Waals surface area (Å²) in [6, 6.07) is 17.2. The molecule has 0 saturated carbocycles. The number of nitrogens with zero attached hydrogens (tertiary/aromatic N) is 1. The first-order chi connectivity index (χ1) is 18.8. The first-order valence-corrected chi connectivity index (χ1v) is 11.7. The van der Waals surface area contributed by atoms with Gasteiger partial charge in [-0.1, -0.05) is 30.3 Å². The lowest BCUT2D eigenvalue weighted by Crippen LogP contribution is -2.37. The molecule has 0 aliphatic heterocycles. The van der Waals surface area contributed by atoms with Crippen LogP contribution < -0.4 is 10.1 Å². The zero-order valence-electron chi connectivity index (χ0n) is 22.2. The fourth-order valence-corrected chi connectivity index (χ4v) is 2.81. The molecule has 0 bridgehead atoms. The third-order valence-electron chi connectivity index (χ3n) is 4.70. The first kappa shape index (κ1) is 35.5. The average Bonchev–Trinajstić information content (AvgIpc) is 2.91. The molecule has 2 aromatic rings. The highest BCUT2D eigenvalue weighted by atomic mass is 16.5. The Hall–Kier alpha value is -4.53. The van der Waals surface area contributed by atoms with Crippen LogP contribution in [0.4, 0.5) is 0 Å². The Balaban J connectivity index is 0.00000106. The van der Waals surface area contributed by atoms with Gasteiger partial charge in [0.1, 0.15) is 18.5 Å². The number of rotatable bonds is 11. The van der Waals surface area contributed by atoms with E-state index in [0.29, 0.717) is 24.5 Å². The molecule has 0 spiro atoms. The van der Waals surface area contributed by atoms with E-state index in [1.807, 2.05) is 32.3 Å². The topological polar surface area (TPSA) is 220 Å². The lowest BCUT2D eigenvalue weighted by Gasteiger charge is -2.25. The number of carboxylic acid groups (broad SMARTS) is 4. The number of carbonyl (C=O) groups is 5. The van der Waals surface area contributed by atoms with Gasteiger partial charge in [-0.05, 0) is 50.8 Å². The van der Waals surface area contributed by atoms with E-state index >= 15 is 0 Å². The molecule has 2 rings (SSSR count). The first-order valence-electron chi connectivity index (χ1n) is 11.7. The third kappa shape index (κ3) is 15.7. The molecule has 2 unspecified atom stereocenters. The largest absolute Gasteiger partial charge is 0.491 e. The van der Waals surface area contributed by atoms with Crippen LogP contribution in [-0.4, -0.2) is 107 Å². The van der Waals surface area contributed by atoms with E-state index < -0.39 is 30.0 Å². The van der Waals surface area contributed by atoms with Gasteiger partial charge in [-0.15, -0.1) is 0 Å². The lowest BCUT2D eigenvalue weighted by molar-refractivity contribution is -0.159. The van der Waals surface area contributed by atoms with Gasteiger partial charge in [0.2, 0.25) is 0 Å². The van der Waals surface area contributed by atoms with Crippen LogP contribution in [0.3, 0.4) is 0 Å². The van der Waals surface area contributed by atoms with Crippen molar-refractivity contribution in [3.63, 3.8) is 0 Å². The fourth-order valence-electron chi connectivity index (χ4n) is 2.81. The second kappa shape index (κ2) is 19.5. The van der Waals surface area contributed by atoms with E-state index in [2.05, 4.69) is 22.3 Å². The number of nitrogens with one attached hydrogen (secondary N) is 1. The number of aliphatic carboxylic acids is 4. The van der Waals surface area contributed by atoms with Crippen molar-refractivity contribution in [2.75, 3.05) is 40.4 Å². The van der Waals surface area contributed by atoms with Gasteiger partial charge in [-0.3, -0.25) is 0 Å². The zero-order valence-corrected chi connectivity index (χ0v) is 22.2. The van der Waals surface area contributed by atoms with E-state index in [0.717, 1.165) is 6.54 Å². The minimum atomic E-state index is -1.82. The summed E-state index contributed by atoms with van der Waals surface area (Å²) in [5, 5.41) is 43.0. The fraction of sp³-hybridized carbons (Fsp3) is 0.346. The van der Waals surface area contributed by atoms with Gasteiger partial charge in [0.05, 0.1) is 12.2 Å². The molecule has 0 aromatic heterocycles. The maximum absolute atomic E-state index is 11.6. The van der Waals surface area contributed by atoms with Crippen molar-refractivity contribution >= 4 is 29.8 Å². The van der Waals surface area contributed by atoms with Crippen LogP contribution in [0.25, 0.3) is 0 Å². The normalized spacial score (nSPS) is 11.4. The molecule has 0 fully saturated rings. The summed E-state index contributed by atoms with van der Waals surface area (Å²) in [6.45, 7) is 3.44. The van der Waals surface area contributed by atoms with Gasteiger partial charge in [0.15, 0.2) is 0 Å². The van der Waals surface area contributed by atoms with Gasteiger partial charge < -0.3 is 45.2 Å². The predicted molar refractivity (Wildman–Crippen MR) is 140 cm³/mol. The van der Waals surface area contributed by atoms with E-state index in [4.69, 9.17) is 49.1 Å². The Morgan fingerprint density at radius 2 is 1.30 bits per heavy atom. The van der Waals surface area contributed by atoms with Crippen LogP contribution in [0.1, 0.15) is 28.9 Å². The molecule has 0 radical (unpaired) electrons. The molecule has 6 N–H and O–H groups in total. The van der Waals surface area contributed by atoms with Gasteiger partial charge in [0, 0.05) is 19.1 Å². The number of aliphatic hydroxyl groups is 1. The average molecular weight is 567 g/mol. The van der Waals surface area contributed by atoms with Crippen molar-refractivity contribution in [3.8, 4) is 5.75 Å². The van der Waals surface area contributed by atoms with E-state index in [1.54, 1.807) is 31.2 Å². The summed E-state index contributed by atoms with van der Waals surface area (Å²) >= 11 is 0. The molecule has 40 heavy (non-hydrogen) atoms. The minimum absolute atomic E-state index is 0.170. The predicted octanol–water partition coefficient (Wildman–Crippen LogP) is 0.807. The molecule has 0 heterocycles. The van der Waals surface area contributed by atoms with Gasteiger partial charge in [-0.2, -0.15) is 0 Å². The number of carbonyl (C=O) groups excluding carboxylic acids is 1. The molecule has 14 nitrogen and oxygen atoms in total. The number of carboxylic acids is 4. The van der Waals surface area contributed by atoms with Crippen molar-refractivity contribution in [1.82, 2.24) is 10.2 Å². The maximum Gasteiger partial charge on any atom is 0.414 e. The molecule has 14 heteroatoms. The monoisotopic (exact) mass is 566 g/mol. The number of benzene rings is 2. The van der Waals surface area contributed by atoms with Crippen LogP contribution in [0.15, 0.2) is 54.6 Å². The number of ether oxygens (including phenoxy) is 2. The van der Waals surface area contributed by atoms with Crippen LogP contribution in [0, 0.1) is 0 Å². The Kier molecular flexibility index (Phi) is 17.3. The molecular formula is C26H34N2O12. The Labute approximate surface area is 230 Å². The third-order valence-corrected chi connectivity index (χ3v) is 4.70. The summed E-state index contributed by atoms with van der Waals surface area (Å²) in [7, 11) is 4.08. The van der Waals surface area contributed by atoms with Crippen LogP contribution >= 0.6 is 0 Å². The zero-order chi connectivity index (χ0) is 30.7. The van der Waals surface area contributed by atoms with Crippen molar-refractivity contribution in [1.29, 1.82) is 0 Å². The van der Waals surface area contributed by atoms with Crippen LogP contribution in [0.5, 0.6) is 5.75 Å². The summed E-state index contributed by atoms with van der Waals surface area (Å²) in [4.78, 5) is 50.2. The highest BCUT2D eigenvalue weighted by Crippen LogP contribution is 2.17. The second-order valence-electron chi connectivity index (χ2n) is 7.98. The Bertz CT molecular complexity index is 1030. The molecule has 0 aliphatic rings. The van der Waals surface area contributed by atoms with Gasteiger partial charge in [-0.25, -0.2) is 24.0 Å². The minimum Gasteiger partial charge on any atom is -0.491 e.